The average molecular weight is 354 g/mol. The van der Waals surface area contributed by atoms with Crippen LogP contribution < -0.4 is 5.32 Å². The Balaban J connectivity index is 1.55. The summed E-state index contributed by atoms with van der Waals surface area (Å²) < 4.78 is 0. The normalized spacial score (nSPS) is 15.0. The average Bonchev–Trinajstić information content (AvgIpc) is 2.68. The molecular weight excluding hydrogens is 332 g/mol. The van der Waals surface area contributed by atoms with Gasteiger partial charge in [0.15, 0.2) is 0 Å². The lowest BCUT2D eigenvalue weighted by molar-refractivity contribution is -0.121. The minimum Gasteiger partial charge on any atom is -0.339 e. The molecule has 1 aliphatic heterocycles. The van der Waals surface area contributed by atoms with Crippen LogP contribution in [0.5, 0.6) is 0 Å². The highest BCUT2D eigenvalue weighted by atomic mass is 32.2. The van der Waals surface area contributed by atoms with Crippen molar-refractivity contribution in [2.45, 2.75) is 17.7 Å². The number of carbonyl (C=O) groups is 2. The summed E-state index contributed by atoms with van der Waals surface area (Å²) in [6.07, 6.45) is 3.42. The summed E-state index contributed by atoms with van der Waals surface area (Å²) in [5.74, 6) is 0.0509. The van der Waals surface area contributed by atoms with Crippen molar-refractivity contribution in [2.24, 2.45) is 5.92 Å². The highest BCUT2D eigenvalue weighted by molar-refractivity contribution is 7.98. The molecule has 1 aliphatic rings. The lowest BCUT2D eigenvalue weighted by Gasteiger charge is -2.31. The van der Waals surface area contributed by atoms with E-state index in [1.54, 1.807) is 11.8 Å². The highest BCUT2D eigenvalue weighted by Gasteiger charge is 2.27. The molecule has 0 unspecified atom stereocenters. The van der Waals surface area contributed by atoms with Crippen LogP contribution in [0.15, 0.2) is 59.5 Å². The smallest absolute Gasteiger partial charge is 0.253 e. The first-order valence-corrected chi connectivity index (χ1v) is 9.69. The van der Waals surface area contributed by atoms with E-state index >= 15 is 0 Å². The molecule has 2 aromatic carbocycles. The van der Waals surface area contributed by atoms with Crippen LogP contribution in [-0.2, 0) is 4.79 Å². The van der Waals surface area contributed by atoms with Crippen molar-refractivity contribution in [3.05, 3.63) is 60.2 Å². The van der Waals surface area contributed by atoms with Gasteiger partial charge in [-0.2, -0.15) is 0 Å². The molecule has 1 heterocycles. The minimum absolute atomic E-state index is 0.0437. The zero-order valence-corrected chi connectivity index (χ0v) is 15.1. The maximum absolute atomic E-state index is 12.5. The fourth-order valence-electron chi connectivity index (χ4n) is 3.05. The van der Waals surface area contributed by atoms with Crippen LogP contribution >= 0.6 is 11.8 Å². The third-order valence-corrected chi connectivity index (χ3v) is 5.24. The van der Waals surface area contributed by atoms with Crippen molar-refractivity contribution in [3.63, 3.8) is 0 Å². The number of benzene rings is 2. The molecule has 4 nitrogen and oxygen atoms in total. The minimum atomic E-state index is -0.0437. The first kappa shape index (κ1) is 17.5. The van der Waals surface area contributed by atoms with Gasteiger partial charge >= 0.3 is 0 Å². The van der Waals surface area contributed by atoms with E-state index in [1.165, 1.54) is 0 Å². The number of hydrogen-bond acceptors (Lipinski definition) is 3. The van der Waals surface area contributed by atoms with Gasteiger partial charge in [0.05, 0.1) is 0 Å². The van der Waals surface area contributed by atoms with Gasteiger partial charge in [-0.05, 0) is 49.4 Å². The molecule has 0 bridgehead atoms. The number of hydrogen-bond donors (Lipinski definition) is 1. The summed E-state index contributed by atoms with van der Waals surface area (Å²) in [5, 5.41) is 3.01. The zero-order valence-electron chi connectivity index (χ0n) is 14.3. The Morgan fingerprint density at radius 1 is 1.04 bits per heavy atom. The van der Waals surface area contributed by atoms with Crippen molar-refractivity contribution in [3.8, 4) is 0 Å². The highest BCUT2D eigenvalue weighted by Crippen LogP contribution is 2.23. The molecule has 0 aromatic heterocycles. The van der Waals surface area contributed by atoms with Gasteiger partial charge in [-0.1, -0.05) is 24.3 Å². The van der Waals surface area contributed by atoms with Crippen molar-refractivity contribution >= 4 is 29.3 Å². The largest absolute Gasteiger partial charge is 0.339 e. The quantitative estimate of drug-likeness (QED) is 0.847. The fraction of sp³-hybridized carbons (Fsp3) is 0.300. The van der Waals surface area contributed by atoms with E-state index in [0.717, 1.165) is 10.6 Å². The van der Waals surface area contributed by atoms with Crippen LogP contribution in [0.1, 0.15) is 23.2 Å². The number of carbonyl (C=O) groups excluding carboxylic acids is 2. The maximum Gasteiger partial charge on any atom is 0.253 e. The molecular formula is C20H22N2O2S. The summed E-state index contributed by atoms with van der Waals surface area (Å²) in [6.45, 7) is 1.24. The van der Waals surface area contributed by atoms with E-state index in [4.69, 9.17) is 0 Å². The van der Waals surface area contributed by atoms with E-state index < -0.39 is 0 Å². The van der Waals surface area contributed by atoms with Crippen molar-refractivity contribution in [1.29, 1.82) is 0 Å². The van der Waals surface area contributed by atoms with Crippen molar-refractivity contribution in [1.82, 2.24) is 4.90 Å². The summed E-state index contributed by atoms with van der Waals surface area (Å²) in [4.78, 5) is 27.9. The molecule has 2 amide bonds. The summed E-state index contributed by atoms with van der Waals surface area (Å²) >= 11 is 1.65. The first-order chi connectivity index (χ1) is 12.2. The van der Waals surface area contributed by atoms with E-state index in [1.807, 2.05) is 65.8 Å². The third kappa shape index (κ3) is 4.42. The third-order valence-electron chi connectivity index (χ3n) is 4.51. The van der Waals surface area contributed by atoms with E-state index in [-0.39, 0.29) is 17.7 Å². The molecule has 1 fully saturated rings. The van der Waals surface area contributed by atoms with E-state index in [9.17, 15) is 9.59 Å². The Kier molecular flexibility index (Phi) is 5.76. The zero-order chi connectivity index (χ0) is 17.6. The predicted octanol–water partition coefficient (Wildman–Crippen LogP) is 3.90. The van der Waals surface area contributed by atoms with Crippen molar-refractivity contribution in [2.75, 3.05) is 24.7 Å². The number of thioether (sulfide) groups is 1. The second-order valence-corrected chi connectivity index (χ2v) is 7.03. The molecule has 2 aromatic rings. The molecule has 0 atom stereocenters. The molecule has 1 N–H and O–H groups in total. The Morgan fingerprint density at radius 3 is 2.44 bits per heavy atom. The molecule has 0 aliphatic carbocycles. The summed E-state index contributed by atoms with van der Waals surface area (Å²) in [6, 6.07) is 17.2. The molecule has 0 saturated carbocycles. The number of rotatable bonds is 4. The molecule has 0 spiro atoms. The van der Waals surface area contributed by atoms with Crippen LogP contribution in [0.2, 0.25) is 0 Å². The number of nitrogens with zero attached hydrogens (tertiary/aromatic N) is 1. The number of nitrogens with one attached hydrogen (secondary N) is 1. The monoisotopic (exact) mass is 354 g/mol. The maximum atomic E-state index is 12.5. The standard InChI is InChI=1S/C20H22N2O2S/c1-25-18-9-5-8-17(14-18)21-19(23)15-10-12-22(13-11-15)20(24)16-6-3-2-4-7-16/h2-9,14-15H,10-13H2,1H3,(H,21,23). The first-order valence-electron chi connectivity index (χ1n) is 8.46. The van der Waals surface area contributed by atoms with Crippen LogP contribution in [0.3, 0.4) is 0 Å². The van der Waals surface area contributed by atoms with Crippen LogP contribution in [0.4, 0.5) is 5.69 Å². The molecule has 0 radical (unpaired) electrons. The fourth-order valence-corrected chi connectivity index (χ4v) is 3.51. The SMILES string of the molecule is CSc1cccc(NC(=O)C2CCN(C(=O)c3ccccc3)CC2)c1. The van der Waals surface area contributed by atoms with E-state index in [0.29, 0.717) is 31.5 Å². The lowest BCUT2D eigenvalue weighted by Crippen LogP contribution is -2.41. The molecule has 1 saturated heterocycles. The van der Waals surface area contributed by atoms with Gasteiger partial charge in [-0.3, -0.25) is 9.59 Å². The number of anilines is 1. The topological polar surface area (TPSA) is 49.4 Å². The van der Waals surface area contributed by atoms with Gasteiger partial charge in [0, 0.05) is 35.2 Å². The van der Waals surface area contributed by atoms with E-state index in [2.05, 4.69) is 5.32 Å². The van der Waals surface area contributed by atoms with Crippen LogP contribution in [-0.4, -0.2) is 36.1 Å². The molecule has 25 heavy (non-hydrogen) atoms. The summed E-state index contributed by atoms with van der Waals surface area (Å²) in [7, 11) is 0. The van der Waals surface area contributed by atoms with Gasteiger partial charge in [0.25, 0.3) is 5.91 Å². The summed E-state index contributed by atoms with van der Waals surface area (Å²) in [5.41, 5.74) is 1.54. The molecule has 130 valence electrons. The lowest BCUT2D eigenvalue weighted by atomic mass is 9.95. The van der Waals surface area contributed by atoms with Gasteiger partial charge in [0.2, 0.25) is 5.91 Å². The Morgan fingerprint density at radius 2 is 1.76 bits per heavy atom. The van der Waals surface area contributed by atoms with Crippen LogP contribution in [0, 0.1) is 5.92 Å². The second kappa shape index (κ2) is 8.21. The Bertz CT molecular complexity index is 740. The second-order valence-electron chi connectivity index (χ2n) is 6.15. The molecule has 3 rings (SSSR count). The number of amides is 2. The Labute approximate surface area is 152 Å². The van der Waals surface area contributed by atoms with Gasteiger partial charge in [0.1, 0.15) is 0 Å². The number of likely N-dealkylation sites (tertiary alicyclic amines) is 1. The van der Waals surface area contributed by atoms with Gasteiger partial charge in [-0.15, -0.1) is 11.8 Å². The number of piperidine rings is 1. The van der Waals surface area contributed by atoms with Gasteiger partial charge in [-0.25, -0.2) is 0 Å². The van der Waals surface area contributed by atoms with Crippen molar-refractivity contribution < 1.29 is 9.59 Å². The molecule has 5 heteroatoms. The predicted molar refractivity (Wildman–Crippen MR) is 102 cm³/mol. The van der Waals surface area contributed by atoms with Gasteiger partial charge < -0.3 is 10.2 Å². The van der Waals surface area contributed by atoms with Crippen LogP contribution in [0.25, 0.3) is 0 Å². The Hall–Kier alpha value is -2.27.